The van der Waals surface area contributed by atoms with Gasteiger partial charge in [-0.25, -0.2) is 0 Å². The Labute approximate surface area is 201 Å². The fourth-order valence-electron chi connectivity index (χ4n) is 4.63. The van der Waals surface area contributed by atoms with Crippen LogP contribution in [0.1, 0.15) is 43.7 Å². The van der Waals surface area contributed by atoms with Crippen molar-refractivity contribution in [2.75, 3.05) is 36.5 Å². The van der Waals surface area contributed by atoms with E-state index in [2.05, 4.69) is 15.3 Å². The number of ether oxygens (including phenoxy) is 2. The summed E-state index contributed by atoms with van der Waals surface area (Å²) in [6.07, 6.45) is 1.39. The molecule has 1 aromatic carbocycles. The van der Waals surface area contributed by atoms with Gasteiger partial charge in [0.25, 0.3) is 5.56 Å². The number of nitrogens with zero attached hydrogens (tertiary/aromatic N) is 3. The fraction of sp³-hybridized carbons (Fsp3) is 0.458. The molecule has 0 spiro atoms. The lowest BCUT2D eigenvalue weighted by molar-refractivity contribution is -0.148. The quantitative estimate of drug-likeness (QED) is 0.524. The van der Waals surface area contributed by atoms with Crippen molar-refractivity contribution in [3.8, 4) is 17.6 Å². The number of aromatic nitrogens is 2. The Kier molecular flexibility index (Phi) is 6.91. The van der Waals surface area contributed by atoms with Gasteiger partial charge in [-0.15, -0.1) is 0 Å². The molecule has 0 radical (unpaired) electrons. The molecule has 4 rings (SSSR count). The van der Waals surface area contributed by atoms with E-state index >= 15 is 0 Å². The Morgan fingerprint density at radius 3 is 2.83 bits per heavy atom. The van der Waals surface area contributed by atoms with Crippen LogP contribution in [0.5, 0.6) is 11.5 Å². The number of aromatic hydroxyl groups is 1. The second-order valence-electron chi connectivity index (χ2n) is 8.42. The number of rotatable bonds is 6. The number of phenolic OH excluding ortho intramolecular Hbond substituents is 1. The van der Waals surface area contributed by atoms with Gasteiger partial charge < -0.3 is 24.8 Å². The number of piperidine rings is 1. The predicted molar refractivity (Wildman–Crippen MR) is 125 cm³/mol. The molecule has 3 N–H and O–H groups in total. The number of nitrogens with one attached hydrogen (secondary N) is 2. The maximum atomic E-state index is 13.3. The smallest absolute Gasteiger partial charge is 0.310 e. The molecule has 3 heterocycles. The van der Waals surface area contributed by atoms with Crippen molar-refractivity contribution < 1.29 is 24.2 Å². The first-order valence-corrected chi connectivity index (χ1v) is 11.6. The number of H-pyrrole nitrogens is 1. The van der Waals surface area contributed by atoms with Gasteiger partial charge in [0, 0.05) is 19.0 Å². The van der Waals surface area contributed by atoms with E-state index in [1.807, 2.05) is 6.07 Å². The van der Waals surface area contributed by atoms with E-state index in [0.717, 1.165) is 0 Å². The van der Waals surface area contributed by atoms with Gasteiger partial charge in [-0.1, -0.05) is 6.07 Å². The number of benzene rings is 1. The predicted octanol–water partition coefficient (Wildman–Crippen LogP) is 1.88. The number of amides is 1. The maximum Gasteiger partial charge on any atom is 0.310 e. The highest BCUT2D eigenvalue weighted by Gasteiger charge is 2.41. The highest BCUT2D eigenvalue weighted by Crippen LogP contribution is 2.41. The number of hydrogen-bond donors (Lipinski definition) is 3. The van der Waals surface area contributed by atoms with E-state index in [1.165, 1.54) is 12.1 Å². The lowest BCUT2D eigenvalue weighted by atomic mass is 9.79. The van der Waals surface area contributed by atoms with Crippen molar-refractivity contribution in [2.24, 2.45) is 11.8 Å². The molecule has 0 saturated carbocycles. The molecule has 184 valence electrons. The first kappa shape index (κ1) is 24.1. The minimum absolute atomic E-state index is 0.0644. The lowest BCUT2D eigenvalue weighted by Gasteiger charge is -2.33. The molecule has 3 unspecified atom stereocenters. The topological polar surface area (TPSA) is 158 Å². The van der Waals surface area contributed by atoms with Gasteiger partial charge in [0.05, 0.1) is 30.8 Å². The van der Waals surface area contributed by atoms with Crippen LogP contribution in [0, 0.1) is 23.2 Å². The molecule has 2 aliphatic heterocycles. The zero-order chi connectivity index (χ0) is 25.1. The fourth-order valence-corrected chi connectivity index (χ4v) is 4.63. The van der Waals surface area contributed by atoms with Crippen molar-refractivity contribution in [2.45, 2.75) is 32.6 Å². The van der Waals surface area contributed by atoms with E-state index in [4.69, 9.17) is 9.47 Å². The van der Waals surface area contributed by atoms with Crippen molar-refractivity contribution >= 4 is 23.6 Å². The molecular formula is C24H27N5O6. The first-order chi connectivity index (χ1) is 16.9. The van der Waals surface area contributed by atoms with Crippen LogP contribution in [0.2, 0.25) is 0 Å². The molecule has 0 bridgehead atoms. The van der Waals surface area contributed by atoms with Crippen LogP contribution in [-0.4, -0.2) is 53.3 Å². The molecular weight excluding hydrogens is 454 g/mol. The van der Waals surface area contributed by atoms with E-state index in [1.54, 1.807) is 24.8 Å². The second kappa shape index (κ2) is 10.0. The zero-order valence-electron chi connectivity index (χ0n) is 19.5. The molecule has 1 aromatic heterocycles. The lowest BCUT2D eigenvalue weighted by Crippen LogP contribution is -2.43. The van der Waals surface area contributed by atoms with Crippen molar-refractivity contribution in [3.63, 3.8) is 0 Å². The van der Waals surface area contributed by atoms with Gasteiger partial charge in [-0.3, -0.25) is 19.4 Å². The van der Waals surface area contributed by atoms with E-state index in [0.29, 0.717) is 44.7 Å². The molecule has 2 aromatic rings. The monoisotopic (exact) mass is 481 g/mol. The van der Waals surface area contributed by atoms with Crippen LogP contribution < -0.4 is 20.5 Å². The zero-order valence-corrected chi connectivity index (χ0v) is 19.5. The summed E-state index contributed by atoms with van der Waals surface area (Å²) in [5, 5.41) is 22.4. The van der Waals surface area contributed by atoms with Gasteiger partial charge >= 0.3 is 5.97 Å². The number of nitriles is 1. The van der Waals surface area contributed by atoms with Crippen LogP contribution in [0.4, 0.5) is 11.8 Å². The molecule has 1 fully saturated rings. The van der Waals surface area contributed by atoms with Crippen LogP contribution >= 0.6 is 0 Å². The van der Waals surface area contributed by atoms with Crippen LogP contribution in [0.15, 0.2) is 23.0 Å². The summed E-state index contributed by atoms with van der Waals surface area (Å²) < 4.78 is 10.6. The maximum absolute atomic E-state index is 13.3. The summed E-state index contributed by atoms with van der Waals surface area (Å²) in [4.78, 5) is 47.4. The van der Waals surface area contributed by atoms with Crippen molar-refractivity contribution in [3.05, 3.63) is 39.7 Å². The Morgan fingerprint density at radius 2 is 2.11 bits per heavy atom. The van der Waals surface area contributed by atoms with Crippen LogP contribution in [-0.2, 0) is 14.3 Å². The number of esters is 1. The van der Waals surface area contributed by atoms with Crippen LogP contribution in [0.25, 0.3) is 0 Å². The first-order valence-electron chi connectivity index (χ1n) is 11.6. The van der Waals surface area contributed by atoms with Crippen molar-refractivity contribution in [1.29, 1.82) is 5.26 Å². The number of anilines is 2. The van der Waals surface area contributed by atoms with E-state index < -0.39 is 23.3 Å². The average molecular weight is 482 g/mol. The molecule has 0 aliphatic carbocycles. The third-order valence-corrected chi connectivity index (χ3v) is 6.23. The van der Waals surface area contributed by atoms with Gasteiger partial charge in [0.2, 0.25) is 11.9 Å². The molecule has 1 saturated heterocycles. The van der Waals surface area contributed by atoms with E-state index in [9.17, 15) is 24.8 Å². The van der Waals surface area contributed by atoms with Gasteiger partial charge in [0.15, 0.2) is 11.5 Å². The Morgan fingerprint density at radius 1 is 1.31 bits per heavy atom. The Bertz CT molecular complexity index is 1240. The van der Waals surface area contributed by atoms with E-state index in [-0.39, 0.29) is 40.7 Å². The third kappa shape index (κ3) is 4.64. The SMILES string of the molecule is CCOC(=O)C1CCCN(c2nc3c(c(=O)[nH]2)C(c2ccc(O)c(OCC)c2)C(C#N)C(=O)N3)C1. The van der Waals surface area contributed by atoms with Gasteiger partial charge in [-0.05, 0) is 44.4 Å². The normalized spacial score (nSPS) is 21.5. The Balaban J connectivity index is 1.74. The third-order valence-electron chi connectivity index (χ3n) is 6.23. The number of phenols is 1. The molecule has 11 heteroatoms. The molecule has 35 heavy (non-hydrogen) atoms. The summed E-state index contributed by atoms with van der Waals surface area (Å²) in [6.45, 7) is 5.00. The average Bonchev–Trinajstić information content (AvgIpc) is 2.85. The number of carbonyl (C=O) groups is 2. The number of fused-ring (bicyclic) bond motifs is 1. The van der Waals surface area contributed by atoms with Gasteiger partial charge in [-0.2, -0.15) is 10.2 Å². The minimum Gasteiger partial charge on any atom is -0.504 e. The second-order valence-corrected chi connectivity index (χ2v) is 8.42. The van der Waals surface area contributed by atoms with Crippen molar-refractivity contribution in [1.82, 2.24) is 9.97 Å². The summed E-state index contributed by atoms with van der Waals surface area (Å²) in [5.41, 5.74) is 0.112. The summed E-state index contributed by atoms with van der Waals surface area (Å²) in [6, 6.07) is 6.47. The highest BCUT2D eigenvalue weighted by atomic mass is 16.5. The highest BCUT2D eigenvalue weighted by molar-refractivity contribution is 5.98. The molecule has 3 atom stereocenters. The standard InChI is InChI=1S/C24H27N5O6/c1-3-34-17-10-13(7-8-16(17)30)18-15(11-25)21(31)26-20-19(18)22(32)28-24(27-20)29-9-5-6-14(12-29)23(33)35-4-2/h7-8,10,14-15,18,30H,3-6,9,12H2,1-2H3,(H2,26,27,28,31,32). The Hall–Kier alpha value is -4.07. The summed E-state index contributed by atoms with van der Waals surface area (Å²) in [5.74, 6) is -2.91. The molecule has 1 amide bonds. The minimum atomic E-state index is -1.18. The molecule has 11 nitrogen and oxygen atoms in total. The summed E-state index contributed by atoms with van der Waals surface area (Å²) in [7, 11) is 0. The van der Waals surface area contributed by atoms with Gasteiger partial charge in [0.1, 0.15) is 11.7 Å². The van der Waals surface area contributed by atoms with Crippen LogP contribution in [0.3, 0.4) is 0 Å². The number of carbonyl (C=O) groups excluding carboxylic acids is 2. The number of hydrogen-bond acceptors (Lipinski definition) is 9. The number of aromatic amines is 1. The largest absolute Gasteiger partial charge is 0.504 e. The molecule has 2 aliphatic rings. The summed E-state index contributed by atoms with van der Waals surface area (Å²) >= 11 is 0.